The lowest BCUT2D eigenvalue weighted by molar-refractivity contribution is 0.112. The van der Waals surface area contributed by atoms with Crippen LogP contribution in [0.2, 0.25) is 0 Å². The molecule has 0 saturated heterocycles. The molecule has 20 heavy (non-hydrogen) atoms. The molecule has 0 fully saturated rings. The normalized spacial score (nSPS) is 11.4. The topological polar surface area (TPSA) is 37.3 Å². The second kappa shape index (κ2) is 5.12. The Morgan fingerprint density at radius 1 is 1.05 bits per heavy atom. The lowest BCUT2D eigenvalue weighted by Gasteiger charge is -2.21. The number of hydrogen-bond donors (Lipinski definition) is 1. The van der Waals surface area contributed by atoms with E-state index in [0.29, 0.717) is 17.4 Å². The molecule has 2 heteroatoms. The molecule has 0 atom stereocenters. The number of hydrogen-bond acceptors (Lipinski definition) is 2. The lowest BCUT2D eigenvalue weighted by Crippen LogP contribution is -2.11. The van der Waals surface area contributed by atoms with Gasteiger partial charge in [0.2, 0.25) is 0 Å². The Kier molecular flexibility index (Phi) is 3.67. The van der Waals surface area contributed by atoms with Crippen molar-refractivity contribution in [1.82, 2.24) is 0 Å². The lowest BCUT2D eigenvalue weighted by atomic mass is 9.84. The van der Waals surface area contributed by atoms with Gasteiger partial charge < -0.3 is 5.11 Å². The monoisotopic (exact) mass is 268 g/mol. The second-order valence-electron chi connectivity index (χ2n) is 6.20. The van der Waals surface area contributed by atoms with E-state index in [9.17, 15) is 9.90 Å². The molecule has 0 aliphatic heterocycles. The summed E-state index contributed by atoms with van der Waals surface area (Å²) in [6.07, 6.45) is 0.711. The van der Waals surface area contributed by atoms with E-state index in [4.69, 9.17) is 0 Å². The predicted octanol–water partition coefficient (Wildman–Crippen LogP) is 4.48. The van der Waals surface area contributed by atoms with Crippen LogP contribution in [0.3, 0.4) is 0 Å². The minimum absolute atomic E-state index is 0.0526. The number of rotatable bonds is 2. The van der Waals surface area contributed by atoms with Crippen molar-refractivity contribution in [3.63, 3.8) is 0 Å². The Labute approximate surface area is 120 Å². The molecule has 2 aromatic carbocycles. The van der Waals surface area contributed by atoms with Crippen LogP contribution >= 0.6 is 0 Å². The minimum Gasteiger partial charge on any atom is -0.507 e. The van der Waals surface area contributed by atoms with Gasteiger partial charge in [-0.15, -0.1) is 0 Å². The number of aromatic hydroxyl groups is 1. The van der Waals surface area contributed by atoms with Crippen molar-refractivity contribution in [1.29, 1.82) is 0 Å². The van der Waals surface area contributed by atoms with Crippen LogP contribution in [0.15, 0.2) is 36.4 Å². The fourth-order valence-electron chi connectivity index (χ4n) is 2.13. The third-order valence-electron chi connectivity index (χ3n) is 3.49. The Morgan fingerprint density at radius 2 is 1.65 bits per heavy atom. The quantitative estimate of drug-likeness (QED) is 0.815. The number of carbonyl (C=O) groups is 1. The van der Waals surface area contributed by atoms with E-state index in [2.05, 4.69) is 20.8 Å². The number of benzene rings is 2. The van der Waals surface area contributed by atoms with Crippen LogP contribution in [0.1, 0.15) is 42.3 Å². The van der Waals surface area contributed by atoms with Gasteiger partial charge in [0.1, 0.15) is 5.75 Å². The maximum Gasteiger partial charge on any atom is 0.153 e. The first-order chi connectivity index (χ1) is 9.32. The van der Waals surface area contributed by atoms with Crippen molar-refractivity contribution >= 4 is 6.29 Å². The number of aldehydes is 1. The smallest absolute Gasteiger partial charge is 0.153 e. The Hall–Kier alpha value is -2.09. The van der Waals surface area contributed by atoms with Crippen LogP contribution in [0.25, 0.3) is 11.1 Å². The maximum atomic E-state index is 11.2. The zero-order chi connectivity index (χ0) is 14.9. The highest BCUT2D eigenvalue weighted by Crippen LogP contribution is 2.36. The second-order valence-corrected chi connectivity index (χ2v) is 6.20. The molecule has 0 bridgehead atoms. The summed E-state index contributed by atoms with van der Waals surface area (Å²) in [6, 6.07) is 11.7. The van der Waals surface area contributed by atoms with Crippen LogP contribution < -0.4 is 0 Å². The molecule has 0 radical (unpaired) electrons. The van der Waals surface area contributed by atoms with Gasteiger partial charge in [-0.1, -0.05) is 50.6 Å². The first-order valence-electron chi connectivity index (χ1n) is 6.72. The highest BCUT2D eigenvalue weighted by molar-refractivity contribution is 5.86. The molecular formula is C18H20O2. The maximum absolute atomic E-state index is 11.2. The fourth-order valence-corrected chi connectivity index (χ4v) is 2.13. The fraction of sp³-hybridized carbons (Fsp3) is 0.278. The molecule has 0 unspecified atom stereocenters. The third kappa shape index (κ3) is 2.74. The van der Waals surface area contributed by atoms with Crippen molar-refractivity contribution in [2.45, 2.75) is 33.1 Å². The van der Waals surface area contributed by atoms with E-state index in [0.717, 1.165) is 16.7 Å². The molecule has 0 aliphatic carbocycles. The van der Waals surface area contributed by atoms with Crippen molar-refractivity contribution in [2.24, 2.45) is 0 Å². The highest BCUT2D eigenvalue weighted by Gasteiger charge is 2.19. The van der Waals surface area contributed by atoms with Crippen LogP contribution in [-0.2, 0) is 5.41 Å². The van der Waals surface area contributed by atoms with Crippen LogP contribution in [0, 0.1) is 6.92 Å². The number of phenols is 1. The number of phenolic OH excluding ortho intramolecular Hbond substituents is 1. The summed E-state index contributed by atoms with van der Waals surface area (Å²) >= 11 is 0. The van der Waals surface area contributed by atoms with E-state index >= 15 is 0 Å². The van der Waals surface area contributed by atoms with Gasteiger partial charge in [0, 0.05) is 5.56 Å². The predicted molar refractivity (Wildman–Crippen MR) is 82.4 cm³/mol. The summed E-state index contributed by atoms with van der Waals surface area (Å²) in [4.78, 5) is 11.2. The van der Waals surface area contributed by atoms with E-state index in [1.54, 1.807) is 6.07 Å². The van der Waals surface area contributed by atoms with Gasteiger partial charge >= 0.3 is 0 Å². The van der Waals surface area contributed by atoms with Crippen molar-refractivity contribution < 1.29 is 9.90 Å². The highest BCUT2D eigenvalue weighted by atomic mass is 16.3. The van der Waals surface area contributed by atoms with Crippen molar-refractivity contribution in [2.75, 3.05) is 0 Å². The molecule has 0 aliphatic rings. The van der Waals surface area contributed by atoms with Crippen LogP contribution in [0.5, 0.6) is 5.75 Å². The summed E-state index contributed by atoms with van der Waals surface area (Å²) in [5.74, 6) is 0.0526. The molecule has 2 rings (SSSR count). The Morgan fingerprint density at radius 3 is 2.15 bits per heavy atom. The summed E-state index contributed by atoms with van der Waals surface area (Å²) in [6.45, 7) is 8.29. The van der Waals surface area contributed by atoms with E-state index in [-0.39, 0.29) is 11.2 Å². The first-order valence-corrected chi connectivity index (χ1v) is 6.72. The number of aryl methyl sites for hydroxylation is 1. The van der Waals surface area contributed by atoms with Gasteiger partial charge in [0.05, 0.1) is 5.56 Å². The standard InChI is InChI=1S/C18H20O2/c1-12-5-7-13(8-6-12)16-10-15(18(2,3)4)9-14(11-19)17(16)20/h5-11,20H,1-4H3. The van der Waals surface area contributed by atoms with Gasteiger partial charge in [-0.3, -0.25) is 4.79 Å². The van der Waals surface area contributed by atoms with Gasteiger partial charge in [-0.2, -0.15) is 0 Å². The van der Waals surface area contributed by atoms with Crippen LogP contribution in [0.4, 0.5) is 0 Å². The van der Waals surface area contributed by atoms with Gasteiger partial charge in [-0.25, -0.2) is 0 Å². The Balaban J connectivity index is 2.68. The van der Waals surface area contributed by atoms with Crippen molar-refractivity contribution in [3.05, 3.63) is 53.1 Å². The molecule has 0 heterocycles. The molecule has 2 nitrogen and oxygen atoms in total. The molecule has 1 N–H and O–H groups in total. The molecular weight excluding hydrogens is 248 g/mol. The van der Waals surface area contributed by atoms with E-state index < -0.39 is 0 Å². The third-order valence-corrected chi connectivity index (χ3v) is 3.49. The molecule has 0 aromatic heterocycles. The van der Waals surface area contributed by atoms with E-state index in [1.807, 2.05) is 37.3 Å². The molecule has 0 amide bonds. The minimum atomic E-state index is -0.0785. The van der Waals surface area contributed by atoms with Gasteiger partial charge in [0.15, 0.2) is 6.29 Å². The summed E-state index contributed by atoms with van der Waals surface area (Å²) < 4.78 is 0. The summed E-state index contributed by atoms with van der Waals surface area (Å²) in [7, 11) is 0. The molecule has 0 saturated carbocycles. The van der Waals surface area contributed by atoms with E-state index in [1.165, 1.54) is 0 Å². The average molecular weight is 268 g/mol. The number of carbonyl (C=O) groups excluding carboxylic acids is 1. The SMILES string of the molecule is Cc1ccc(-c2cc(C(C)(C)C)cc(C=O)c2O)cc1. The first kappa shape index (κ1) is 14.3. The Bertz CT molecular complexity index is 632. The summed E-state index contributed by atoms with van der Waals surface area (Å²) in [5.41, 5.74) is 4.09. The van der Waals surface area contributed by atoms with Crippen molar-refractivity contribution in [3.8, 4) is 16.9 Å². The zero-order valence-electron chi connectivity index (χ0n) is 12.4. The summed E-state index contributed by atoms with van der Waals surface area (Å²) in [5, 5.41) is 10.3. The molecule has 0 spiro atoms. The largest absolute Gasteiger partial charge is 0.507 e. The average Bonchev–Trinajstić information content (AvgIpc) is 2.39. The van der Waals surface area contributed by atoms with Crippen LogP contribution in [-0.4, -0.2) is 11.4 Å². The molecule has 104 valence electrons. The molecule has 2 aromatic rings. The van der Waals surface area contributed by atoms with Gasteiger partial charge in [-0.05, 0) is 35.6 Å². The van der Waals surface area contributed by atoms with Gasteiger partial charge in [0.25, 0.3) is 0 Å². The zero-order valence-corrected chi connectivity index (χ0v) is 12.4.